The summed E-state index contributed by atoms with van der Waals surface area (Å²) in [4.78, 5) is 0. The summed E-state index contributed by atoms with van der Waals surface area (Å²) in [5, 5.41) is 0.498. The van der Waals surface area contributed by atoms with Gasteiger partial charge in [0.2, 0.25) is 0 Å². The lowest BCUT2D eigenvalue weighted by molar-refractivity contribution is 0.457. The molecule has 19 heavy (non-hydrogen) atoms. The Labute approximate surface area is 114 Å². The molecule has 2 nitrogen and oxygen atoms in total. The van der Waals surface area contributed by atoms with E-state index in [0.717, 1.165) is 17.7 Å². The number of ether oxygens (including phenoxy) is 1. The van der Waals surface area contributed by atoms with Crippen LogP contribution in [0.5, 0.6) is 11.5 Å². The second-order valence-corrected chi connectivity index (χ2v) is 4.41. The fourth-order valence-corrected chi connectivity index (χ4v) is 1.81. The van der Waals surface area contributed by atoms with Crippen molar-refractivity contribution in [3.05, 3.63) is 58.6 Å². The van der Waals surface area contributed by atoms with Crippen LogP contribution < -0.4 is 10.5 Å². The third-order valence-electron chi connectivity index (χ3n) is 2.56. The van der Waals surface area contributed by atoms with Crippen LogP contribution in [0.2, 0.25) is 5.02 Å². The van der Waals surface area contributed by atoms with E-state index >= 15 is 0 Å². The van der Waals surface area contributed by atoms with Crippen LogP contribution in [0.3, 0.4) is 0 Å². The first-order chi connectivity index (χ1) is 9.10. The van der Waals surface area contributed by atoms with E-state index in [2.05, 4.69) is 0 Å². The van der Waals surface area contributed by atoms with Gasteiger partial charge in [-0.25, -0.2) is 8.78 Å². The average Bonchev–Trinajstić information content (AvgIpc) is 2.37. The third kappa shape index (κ3) is 3.43. The number of hydrogen-bond donors (Lipinski definition) is 1. The summed E-state index contributed by atoms with van der Waals surface area (Å²) in [7, 11) is 0. The van der Waals surface area contributed by atoms with E-state index in [0.29, 0.717) is 23.7 Å². The number of halogens is 3. The van der Waals surface area contributed by atoms with Gasteiger partial charge < -0.3 is 10.5 Å². The summed E-state index contributed by atoms with van der Waals surface area (Å²) in [6.07, 6.45) is 0.607. The molecule has 2 N–H and O–H groups in total. The van der Waals surface area contributed by atoms with Gasteiger partial charge in [-0.3, -0.25) is 0 Å². The molecular weight excluding hydrogens is 272 g/mol. The van der Waals surface area contributed by atoms with Crippen molar-refractivity contribution in [2.45, 2.75) is 6.42 Å². The van der Waals surface area contributed by atoms with Crippen molar-refractivity contribution < 1.29 is 13.5 Å². The van der Waals surface area contributed by atoms with E-state index in [4.69, 9.17) is 22.1 Å². The Morgan fingerprint density at radius 1 is 1.05 bits per heavy atom. The van der Waals surface area contributed by atoms with Gasteiger partial charge in [-0.05, 0) is 42.8 Å². The summed E-state index contributed by atoms with van der Waals surface area (Å²) in [6.45, 7) is 0.454. The molecule has 0 unspecified atom stereocenters. The SMILES string of the molecule is NCCc1ccc(Cl)cc1Oc1ccc(F)c(F)c1. The van der Waals surface area contributed by atoms with Gasteiger partial charge in [0.25, 0.3) is 0 Å². The van der Waals surface area contributed by atoms with Crippen molar-refractivity contribution in [1.82, 2.24) is 0 Å². The molecule has 2 aromatic carbocycles. The smallest absolute Gasteiger partial charge is 0.162 e. The quantitative estimate of drug-likeness (QED) is 0.923. The molecule has 0 heterocycles. The Hall–Kier alpha value is -1.65. The Morgan fingerprint density at radius 2 is 1.84 bits per heavy atom. The molecule has 100 valence electrons. The minimum absolute atomic E-state index is 0.208. The largest absolute Gasteiger partial charge is 0.457 e. The van der Waals surface area contributed by atoms with Crippen molar-refractivity contribution in [3.8, 4) is 11.5 Å². The molecule has 0 aliphatic heterocycles. The maximum Gasteiger partial charge on any atom is 0.162 e. The van der Waals surface area contributed by atoms with E-state index in [1.54, 1.807) is 18.2 Å². The molecule has 0 atom stereocenters. The van der Waals surface area contributed by atoms with Crippen LogP contribution in [0.15, 0.2) is 36.4 Å². The molecule has 0 radical (unpaired) electrons. The topological polar surface area (TPSA) is 35.2 Å². The molecule has 0 amide bonds. The lowest BCUT2D eigenvalue weighted by atomic mass is 10.1. The first kappa shape index (κ1) is 13.8. The number of rotatable bonds is 4. The Kier molecular flexibility index (Phi) is 4.35. The van der Waals surface area contributed by atoms with Crippen LogP contribution in [0.4, 0.5) is 8.78 Å². The van der Waals surface area contributed by atoms with Gasteiger partial charge in [-0.15, -0.1) is 0 Å². The molecule has 2 aromatic rings. The highest BCUT2D eigenvalue weighted by atomic mass is 35.5. The molecule has 0 aliphatic carbocycles. The fourth-order valence-electron chi connectivity index (χ4n) is 1.65. The lowest BCUT2D eigenvalue weighted by Crippen LogP contribution is -2.04. The number of nitrogens with two attached hydrogens (primary N) is 1. The zero-order chi connectivity index (χ0) is 13.8. The summed E-state index contributed by atoms with van der Waals surface area (Å²) < 4.78 is 31.5. The summed E-state index contributed by atoms with van der Waals surface area (Å²) in [5.41, 5.74) is 6.36. The van der Waals surface area contributed by atoms with Crippen LogP contribution in [0, 0.1) is 11.6 Å². The maximum absolute atomic E-state index is 13.1. The van der Waals surface area contributed by atoms with Crippen molar-refractivity contribution in [3.63, 3.8) is 0 Å². The highest BCUT2D eigenvalue weighted by Crippen LogP contribution is 2.29. The monoisotopic (exact) mass is 283 g/mol. The molecular formula is C14H12ClF2NO. The van der Waals surface area contributed by atoms with E-state index in [1.807, 2.05) is 0 Å². The Morgan fingerprint density at radius 3 is 2.53 bits per heavy atom. The average molecular weight is 284 g/mol. The predicted molar refractivity (Wildman–Crippen MR) is 70.6 cm³/mol. The van der Waals surface area contributed by atoms with Crippen molar-refractivity contribution in [2.24, 2.45) is 5.73 Å². The highest BCUT2D eigenvalue weighted by Gasteiger charge is 2.08. The van der Waals surface area contributed by atoms with Gasteiger partial charge in [-0.1, -0.05) is 17.7 Å². The molecule has 2 rings (SSSR count). The van der Waals surface area contributed by atoms with Crippen molar-refractivity contribution in [1.29, 1.82) is 0 Å². The molecule has 0 aliphatic rings. The maximum atomic E-state index is 13.1. The molecule has 0 spiro atoms. The van der Waals surface area contributed by atoms with Gasteiger partial charge in [0, 0.05) is 11.1 Å². The second-order valence-electron chi connectivity index (χ2n) is 3.97. The minimum atomic E-state index is -0.958. The Balaban J connectivity index is 2.30. The normalized spacial score (nSPS) is 10.5. The van der Waals surface area contributed by atoms with E-state index in [9.17, 15) is 8.78 Å². The van der Waals surface area contributed by atoms with Crippen LogP contribution in [-0.4, -0.2) is 6.54 Å². The van der Waals surface area contributed by atoms with Crippen LogP contribution in [-0.2, 0) is 6.42 Å². The molecule has 0 saturated carbocycles. The zero-order valence-electron chi connectivity index (χ0n) is 10.00. The van der Waals surface area contributed by atoms with Gasteiger partial charge in [0.05, 0.1) is 0 Å². The Bertz CT molecular complexity index is 590. The minimum Gasteiger partial charge on any atom is -0.457 e. The van der Waals surface area contributed by atoms with Gasteiger partial charge in [-0.2, -0.15) is 0 Å². The third-order valence-corrected chi connectivity index (χ3v) is 2.80. The molecule has 0 bridgehead atoms. The van der Waals surface area contributed by atoms with Crippen LogP contribution in [0.25, 0.3) is 0 Å². The van der Waals surface area contributed by atoms with Gasteiger partial charge >= 0.3 is 0 Å². The first-order valence-electron chi connectivity index (χ1n) is 5.71. The van der Waals surface area contributed by atoms with E-state index in [-0.39, 0.29) is 5.75 Å². The highest BCUT2D eigenvalue weighted by molar-refractivity contribution is 6.30. The first-order valence-corrected chi connectivity index (χ1v) is 6.09. The summed E-state index contributed by atoms with van der Waals surface area (Å²) in [5.74, 6) is -1.18. The number of benzene rings is 2. The fraction of sp³-hybridized carbons (Fsp3) is 0.143. The van der Waals surface area contributed by atoms with Crippen molar-refractivity contribution >= 4 is 11.6 Å². The number of hydrogen-bond acceptors (Lipinski definition) is 2. The van der Waals surface area contributed by atoms with Gasteiger partial charge in [0.1, 0.15) is 11.5 Å². The summed E-state index contributed by atoms with van der Waals surface area (Å²) in [6, 6.07) is 8.49. The van der Waals surface area contributed by atoms with Crippen LogP contribution >= 0.6 is 11.6 Å². The molecule has 0 saturated heterocycles. The zero-order valence-corrected chi connectivity index (χ0v) is 10.8. The second kappa shape index (κ2) is 5.99. The molecule has 0 aromatic heterocycles. The lowest BCUT2D eigenvalue weighted by Gasteiger charge is -2.11. The van der Waals surface area contributed by atoms with E-state index < -0.39 is 11.6 Å². The summed E-state index contributed by atoms with van der Waals surface area (Å²) >= 11 is 5.89. The van der Waals surface area contributed by atoms with E-state index in [1.165, 1.54) is 6.07 Å². The molecule has 5 heteroatoms. The molecule has 0 fully saturated rings. The van der Waals surface area contributed by atoms with Gasteiger partial charge in [0.15, 0.2) is 11.6 Å². The van der Waals surface area contributed by atoms with Crippen LogP contribution in [0.1, 0.15) is 5.56 Å². The van der Waals surface area contributed by atoms with Crippen molar-refractivity contribution in [2.75, 3.05) is 6.54 Å². The predicted octanol–water partition coefficient (Wildman–Crippen LogP) is 3.91. The standard InChI is InChI=1S/C14H12ClF2NO/c15-10-2-1-9(5-6-18)14(7-10)19-11-3-4-12(16)13(17)8-11/h1-4,7-8H,5-6,18H2.